The van der Waals surface area contributed by atoms with Crippen LogP contribution in [0.1, 0.15) is 28.7 Å². The molecule has 1 heterocycles. The van der Waals surface area contributed by atoms with Crippen molar-refractivity contribution in [2.24, 2.45) is 0 Å². The lowest BCUT2D eigenvalue weighted by Gasteiger charge is -2.09. The van der Waals surface area contributed by atoms with Gasteiger partial charge in [-0.2, -0.15) is 0 Å². The van der Waals surface area contributed by atoms with Gasteiger partial charge in [-0.3, -0.25) is 4.79 Å². The van der Waals surface area contributed by atoms with Crippen molar-refractivity contribution in [2.75, 3.05) is 20.3 Å². The molecule has 1 aromatic heterocycles. The molecule has 0 atom stereocenters. The van der Waals surface area contributed by atoms with Crippen molar-refractivity contribution in [1.29, 1.82) is 0 Å². The molecule has 0 aliphatic carbocycles. The first-order valence-electron chi connectivity index (χ1n) is 6.05. The number of carbonyl (C=O) groups is 1. The quantitative estimate of drug-likeness (QED) is 0.424. The molecular formula is C14H21NO3. The maximum absolute atomic E-state index is 12.1. The molecule has 0 unspecified atom stereocenters. The number of ether oxygens (including phenoxy) is 2. The molecule has 0 amide bonds. The smallest absolute Gasteiger partial charge is 0.228 e. The molecule has 0 saturated heterocycles. The van der Waals surface area contributed by atoms with Gasteiger partial charge >= 0.3 is 0 Å². The number of hydrogen-bond donors (Lipinski definition) is 0. The van der Waals surface area contributed by atoms with Crippen LogP contribution in [0.4, 0.5) is 0 Å². The maximum Gasteiger partial charge on any atom is 0.228 e. The van der Waals surface area contributed by atoms with Crippen LogP contribution in [0.3, 0.4) is 0 Å². The third kappa shape index (κ3) is 3.01. The summed E-state index contributed by atoms with van der Waals surface area (Å²) in [5, 5.41) is 0. The Morgan fingerprint density at radius 2 is 2.11 bits per heavy atom. The van der Waals surface area contributed by atoms with Crippen molar-refractivity contribution in [2.45, 2.75) is 27.3 Å². The van der Waals surface area contributed by atoms with Gasteiger partial charge in [-0.25, -0.2) is 0 Å². The number of aromatic nitrogens is 1. The normalized spacial score (nSPS) is 10.4. The molecular weight excluding hydrogens is 230 g/mol. The summed E-state index contributed by atoms with van der Waals surface area (Å²) in [5.74, 6) is 0.0538. The molecule has 0 aromatic carbocycles. The number of rotatable bonds is 7. The van der Waals surface area contributed by atoms with Gasteiger partial charge in [0.2, 0.25) is 5.78 Å². The maximum atomic E-state index is 12.1. The third-order valence-corrected chi connectivity index (χ3v) is 2.91. The van der Waals surface area contributed by atoms with E-state index in [4.69, 9.17) is 9.47 Å². The van der Waals surface area contributed by atoms with E-state index in [0.29, 0.717) is 18.8 Å². The minimum absolute atomic E-state index is 0.145. The fourth-order valence-corrected chi connectivity index (χ4v) is 1.95. The Labute approximate surface area is 108 Å². The van der Waals surface area contributed by atoms with Crippen molar-refractivity contribution in [3.8, 4) is 0 Å². The van der Waals surface area contributed by atoms with Crippen LogP contribution in [-0.2, 0) is 16.0 Å². The minimum atomic E-state index is -0.145. The molecule has 0 spiro atoms. The summed E-state index contributed by atoms with van der Waals surface area (Å²) in [6, 6.07) is 1.87. The fraction of sp³-hybridized carbons (Fsp3) is 0.500. The van der Waals surface area contributed by atoms with Crippen LogP contribution in [-0.4, -0.2) is 30.7 Å². The van der Waals surface area contributed by atoms with Crippen molar-refractivity contribution >= 4 is 5.78 Å². The number of aryl methyl sites for hydroxylation is 1. The van der Waals surface area contributed by atoms with E-state index in [1.807, 2.05) is 26.8 Å². The molecule has 4 nitrogen and oxygen atoms in total. The fourth-order valence-electron chi connectivity index (χ4n) is 1.95. The van der Waals surface area contributed by atoms with Crippen LogP contribution in [0.5, 0.6) is 0 Å². The average Bonchev–Trinajstić information content (AvgIpc) is 2.62. The largest absolute Gasteiger partial charge is 0.490 e. The van der Waals surface area contributed by atoms with E-state index >= 15 is 0 Å². The Morgan fingerprint density at radius 1 is 1.44 bits per heavy atom. The van der Waals surface area contributed by atoms with Gasteiger partial charge in [-0.1, -0.05) is 6.58 Å². The molecule has 1 rings (SSSR count). The molecule has 1 aromatic rings. The highest BCUT2D eigenvalue weighted by Gasteiger charge is 2.18. The van der Waals surface area contributed by atoms with Gasteiger partial charge in [0.25, 0.3) is 0 Å². The monoisotopic (exact) mass is 251 g/mol. The van der Waals surface area contributed by atoms with Gasteiger partial charge in [0.05, 0.1) is 13.2 Å². The van der Waals surface area contributed by atoms with Crippen LogP contribution in [0.15, 0.2) is 18.4 Å². The predicted molar refractivity (Wildman–Crippen MR) is 70.9 cm³/mol. The Hall–Kier alpha value is -1.55. The van der Waals surface area contributed by atoms with E-state index in [9.17, 15) is 4.79 Å². The lowest BCUT2D eigenvalue weighted by molar-refractivity contribution is 0.0928. The summed E-state index contributed by atoms with van der Waals surface area (Å²) < 4.78 is 12.3. The number of Topliss-reactive ketones (excluding diaryl/α,β-unsaturated/α-hetero) is 1. The van der Waals surface area contributed by atoms with Crippen molar-refractivity contribution in [1.82, 2.24) is 4.57 Å². The zero-order valence-electron chi connectivity index (χ0n) is 11.6. The molecule has 0 aliphatic rings. The lowest BCUT2D eigenvalue weighted by atomic mass is 10.1. The molecule has 0 saturated carbocycles. The molecule has 0 bridgehead atoms. The highest BCUT2D eigenvalue weighted by atomic mass is 16.5. The van der Waals surface area contributed by atoms with Crippen molar-refractivity contribution < 1.29 is 14.3 Å². The van der Waals surface area contributed by atoms with Crippen LogP contribution in [0, 0.1) is 13.8 Å². The molecule has 0 aliphatic heterocycles. The first-order chi connectivity index (χ1) is 8.52. The standard InChI is InChI=1S/C14H21NO3/c1-6-18-12(4)14(16)13-9-10(2)15(11(13)3)7-8-17-5/h9H,4,6-8H2,1-3,5H3. The van der Waals surface area contributed by atoms with Gasteiger partial charge in [-0.15, -0.1) is 0 Å². The minimum Gasteiger partial charge on any atom is -0.490 e. The highest BCUT2D eigenvalue weighted by molar-refractivity contribution is 6.07. The Kier molecular flexibility index (Phi) is 5.16. The van der Waals surface area contributed by atoms with Gasteiger partial charge in [0.15, 0.2) is 5.76 Å². The van der Waals surface area contributed by atoms with E-state index in [0.717, 1.165) is 17.9 Å². The number of hydrogen-bond acceptors (Lipinski definition) is 3. The number of carbonyl (C=O) groups excluding carboxylic acids is 1. The highest BCUT2D eigenvalue weighted by Crippen LogP contribution is 2.18. The Bertz CT molecular complexity index is 446. The molecule has 0 radical (unpaired) electrons. The predicted octanol–water partition coefficient (Wildman–Crippen LogP) is 2.48. The zero-order chi connectivity index (χ0) is 13.7. The van der Waals surface area contributed by atoms with Crippen molar-refractivity contribution in [3.05, 3.63) is 35.4 Å². The molecule has 100 valence electrons. The Morgan fingerprint density at radius 3 is 2.67 bits per heavy atom. The van der Waals surface area contributed by atoms with Crippen LogP contribution < -0.4 is 0 Å². The van der Waals surface area contributed by atoms with E-state index in [1.54, 1.807) is 7.11 Å². The molecule has 0 fully saturated rings. The average molecular weight is 251 g/mol. The number of ketones is 1. The topological polar surface area (TPSA) is 40.5 Å². The second-order valence-corrected chi connectivity index (χ2v) is 4.11. The number of nitrogens with zero attached hydrogens (tertiary/aromatic N) is 1. The van der Waals surface area contributed by atoms with Gasteiger partial charge < -0.3 is 14.0 Å². The van der Waals surface area contributed by atoms with Crippen LogP contribution in [0.25, 0.3) is 0 Å². The molecule has 0 N–H and O–H groups in total. The third-order valence-electron chi connectivity index (χ3n) is 2.91. The summed E-state index contributed by atoms with van der Waals surface area (Å²) in [5.41, 5.74) is 2.62. The second-order valence-electron chi connectivity index (χ2n) is 4.11. The van der Waals surface area contributed by atoms with E-state index < -0.39 is 0 Å². The second kappa shape index (κ2) is 6.40. The van der Waals surface area contributed by atoms with Crippen LogP contribution in [0.2, 0.25) is 0 Å². The van der Waals surface area contributed by atoms with Crippen molar-refractivity contribution in [3.63, 3.8) is 0 Å². The van der Waals surface area contributed by atoms with Gasteiger partial charge in [-0.05, 0) is 26.8 Å². The summed E-state index contributed by atoms with van der Waals surface area (Å²) >= 11 is 0. The number of allylic oxidation sites excluding steroid dienone is 1. The summed E-state index contributed by atoms with van der Waals surface area (Å²) in [7, 11) is 1.66. The first-order valence-corrected chi connectivity index (χ1v) is 6.05. The molecule has 18 heavy (non-hydrogen) atoms. The van der Waals surface area contributed by atoms with E-state index in [-0.39, 0.29) is 11.5 Å². The van der Waals surface area contributed by atoms with Gasteiger partial charge in [0.1, 0.15) is 0 Å². The summed E-state index contributed by atoms with van der Waals surface area (Å²) in [6.45, 7) is 11.2. The van der Waals surface area contributed by atoms with E-state index in [2.05, 4.69) is 11.1 Å². The lowest BCUT2D eigenvalue weighted by Crippen LogP contribution is -2.10. The summed E-state index contributed by atoms with van der Waals surface area (Å²) in [6.07, 6.45) is 0. The van der Waals surface area contributed by atoms with Crippen LogP contribution >= 0.6 is 0 Å². The van der Waals surface area contributed by atoms with Gasteiger partial charge in [0, 0.05) is 30.6 Å². The first kappa shape index (κ1) is 14.5. The van der Waals surface area contributed by atoms with E-state index in [1.165, 1.54) is 0 Å². The summed E-state index contributed by atoms with van der Waals surface area (Å²) in [4.78, 5) is 12.1. The number of methoxy groups -OCH3 is 1. The molecule has 4 heteroatoms. The zero-order valence-corrected chi connectivity index (χ0v) is 11.6. The Balaban J connectivity index is 2.97. The SMILES string of the molecule is C=C(OCC)C(=O)c1cc(C)n(CCOC)c1C.